The second-order valence-electron chi connectivity index (χ2n) is 5.20. The van der Waals surface area contributed by atoms with Gasteiger partial charge >= 0.3 is 0 Å². The van der Waals surface area contributed by atoms with Gasteiger partial charge in [0.25, 0.3) is 5.69 Å². The number of hydrogen-bond acceptors (Lipinski definition) is 4. The van der Waals surface area contributed by atoms with Gasteiger partial charge in [-0.2, -0.15) is 0 Å². The van der Waals surface area contributed by atoms with Crippen molar-refractivity contribution in [3.05, 3.63) is 33.1 Å². The van der Waals surface area contributed by atoms with Crippen LogP contribution in [-0.2, 0) is 0 Å². The van der Waals surface area contributed by atoms with Crippen molar-refractivity contribution in [1.29, 1.82) is 0 Å². The van der Waals surface area contributed by atoms with Gasteiger partial charge in [-0.15, -0.1) is 0 Å². The van der Waals surface area contributed by atoms with Crippen molar-refractivity contribution < 1.29 is 9.31 Å². The molecule has 1 unspecified atom stereocenters. The van der Waals surface area contributed by atoms with Gasteiger partial charge in [-0.25, -0.2) is 4.39 Å². The average molecular weight is 302 g/mol. The van der Waals surface area contributed by atoms with E-state index in [0.717, 1.165) is 25.0 Å². The minimum Gasteiger partial charge on any atom is -0.366 e. The maximum Gasteiger partial charge on any atom is 0.294 e. The summed E-state index contributed by atoms with van der Waals surface area (Å²) in [5, 5.41) is 10.8. The fourth-order valence-electron chi connectivity index (χ4n) is 2.59. The zero-order valence-corrected chi connectivity index (χ0v) is 11.9. The number of halogens is 2. The molecule has 0 saturated carbocycles. The van der Waals surface area contributed by atoms with Crippen LogP contribution in [0.5, 0.6) is 0 Å². The van der Waals surface area contributed by atoms with E-state index in [2.05, 4.69) is 0 Å². The van der Waals surface area contributed by atoms with Crippen molar-refractivity contribution in [2.45, 2.75) is 25.8 Å². The molecule has 1 aliphatic heterocycles. The third-order valence-electron chi connectivity index (χ3n) is 3.84. The molecule has 2 N–H and O–H groups in total. The highest BCUT2D eigenvalue weighted by Gasteiger charge is 2.27. The first kappa shape index (κ1) is 15.0. The van der Waals surface area contributed by atoms with Gasteiger partial charge in [0.2, 0.25) is 0 Å². The normalized spacial score (nSPS) is 18.1. The number of nitrogens with zero attached hydrogens (tertiary/aromatic N) is 2. The summed E-state index contributed by atoms with van der Waals surface area (Å²) >= 11 is 5.62. The van der Waals surface area contributed by atoms with E-state index in [9.17, 15) is 14.5 Å². The van der Waals surface area contributed by atoms with Gasteiger partial charge in [0.1, 0.15) is 11.5 Å². The molecule has 1 aliphatic rings. The molecule has 0 spiro atoms. The number of piperidine rings is 1. The van der Waals surface area contributed by atoms with Gasteiger partial charge in [0.15, 0.2) is 0 Å². The first-order chi connectivity index (χ1) is 9.40. The van der Waals surface area contributed by atoms with E-state index < -0.39 is 10.7 Å². The van der Waals surface area contributed by atoms with Crippen molar-refractivity contribution in [3.63, 3.8) is 0 Å². The number of hydrogen-bond donors (Lipinski definition) is 1. The lowest BCUT2D eigenvalue weighted by Gasteiger charge is -2.34. The van der Waals surface area contributed by atoms with Crippen LogP contribution in [0.25, 0.3) is 0 Å². The van der Waals surface area contributed by atoms with Gasteiger partial charge in [-0.3, -0.25) is 10.1 Å². The molecule has 1 fully saturated rings. The number of nitro benzene ring substituents is 1. The molecule has 1 heterocycles. The second kappa shape index (κ2) is 5.93. The standard InChI is InChI=1S/C13H17ClFN3O2/c1-8(16)9-2-4-17(5-3-9)12-7-11(15)10(14)6-13(12)18(19)20/h6-9H,2-5,16H2,1H3. The third kappa shape index (κ3) is 3.02. The Kier molecular flexibility index (Phi) is 4.45. The Bertz CT molecular complexity index is 517. The Morgan fingerprint density at radius 3 is 2.60 bits per heavy atom. The Labute approximate surface area is 121 Å². The van der Waals surface area contributed by atoms with Crippen LogP contribution in [0.4, 0.5) is 15.8 Å². The highest BCUT2D eigenvalue weighted by molar-refractivity contribution is 6.31. The SMILES string of the molecule is CC(N)C1CCN(c2cc(F)c(Cl)cc2[N+](=O)[O-])CC1. The highest BCUT2D eigenvalue weighted by atomic mass is 35.5. The first-order valence-corrected chi connectivity index (χ1v) is 6.92. The molecule has 0 aliphatic carbocycles. The van der Waals surface area contributed by atoms with E-state index in [4.69, 9.17) is 17.3 Å². The largest absolute Gasteiger partial charge is 0.366 e. The monoisotopic (exact) mass is 301 g/mol. The molecule has 0 bridgehead atoms. The van der Waals surface area contributed by atoms with Crippen molar-refractivity contribution >= 4 is 23.0 Å². The van der Waals surface area contributed by atoms with Crippen LogP contribution < -0.4 is 10.6 Å². The molecule has 1 saturated heterocycles. The van der Waals surface area contributed by atoms with E-state index in [-0.39, 0.29) is 16.8 Å². The molecule has 0 amide bonds. The van der Waals surface area contributed by atoms with Crippen molar-refractivity contribution in [2.24, 2.45) is 11.7 Å². The van der Waals surface area contributed by atoms with Gasteiger partial charge in [0.05, 0.1) is 9.95 Å². The van der Waals surface area contributed by atoms with Crippen LogP contribution in [0.15, 0.2) is 12.1 Å². The first-order valence-electron chi connectivity index (χ1n) is 6.54. The van der Waals surface area contributed by atoms with Crippen LogP contribution >= 0.6 is 11.6 Å². The van der Waals surface area contributed by atoms with Gasteiger partial charge in [0, 0.05) is 31.3 Å². The van der Waals surface area contributed by atoms with Crippen molar-refractivity contribution in [1.82, 2.24) is 0 Å². The molecule has 7 heteroatoms. The zero-order chi connectivity index (χ0) is 14.9. The van der Waals surface area contributed by atoms with Crippen molar-refractivity contribution in [3.8, 4) is 0 Å². The Morgan fingerprint density at radius 2 is 2.10 bits per heavy atom. The van der Waals surface area contributed by atoms with E-state index in [1.54, 1.807) is 0 Å². The summed E-state index contributed by atoms with van der Waals surface area (Å²) in [5.41, 5.74) is 6.00. The van der Waals surface area contributed by atoms with E-state index in [1.807, 2.05) is 11.8 Å². The fourth-order valence-corrected chi connectivity index (χ4v) is 2.75. The molecular formula is C13H17ClFN3O2. The predicted octanol–water partition coefficient (Wildman–Crippen LogP) is 2.95. The molecule has 20 heavy (non-hydrogen) atoms. The number of rotatable bonds is 3. The fraction of sp³-hybridized carbons (Fsp3) is 0.538. The summed E-state index contributed by atoms with van der Waals surface area (Å²) in [5.74, 6) is -0.232. The zero-order valence-electron chi connectivity index (χ0n) is 11.2. The van der Waals surface area contributed by atoms with E-state index in [0.29, 0.717) is 24.7 Å². The topological polar surface area (TPSA) is 72.4 Å². The lowest BCUT2D eigenvalue weighted by molar-refractivity contribution is -0.384. The summed E-state index contributed by atoms with van der Waals surface area (Å²) in [4.78, 5) is 12.4. The Balaban J connectivity index is 2.25. The van der Waals surface area contributed by atoms with Crippen LogP contribution in [0.1, 0.15) is 19.8 Å². The summed E-state index contributed by atoms with van der Waals surface area (Å²) in [7, 11) is 0. The molecule has 0 aromatic heterocycles. The number of anilines is 1. The van der Waals surface area contributed by atoms with Crippen LogP contribution in [0.2, 0.25) is 5.02 Å². The summed E-state index contributed by atoms with van der Waals surface area (Å²) in [6, 6.07) is 2.32. The summed E-state index contributed by atoms with van der Waals surface area (Å²) in [6.45, 7) is 3.23. The molecule has 1 atom stereocenters. The smallest absolute Gasteiger partial charge is 0.294 e. The minimum absolute atomic E-state index is 0.106. The number of benzene rings is 1. The van der Waals surface area contributed by atoms with Crippen LogP contribution in [0, 0.1) is 21.8 Å². The van der Waals surface area contributed by atoms with Gasteiger partial charge in [-0.1, -0.05) is 11.6 Å². The third-order valence-corrected chi connectivity index (χ3v) is 4.13. The lowest BCUT2D eigenvalue weighted by Crippen LogP contribution is -2.40. The lowest BCUT2D eigenvalue weighted by atomic mass is 9.90. The Hall–Kier alpha value is -1.40. The van der Waals surface area contributed by atoms with Gasteiger partial charge in [-0.05, 0) is 25.7 Å². The Morgan fingerprint density at radius 1 is 1.50 bits per heavy atom. The maximum atomic E-state index is 13.6. The van der Waals surface area contributed by atoms with Gasteiger partial charge < -0.3 is 10.6 Å². The molecule has 1 aromatic carbocycles. The number of nitrogens with two attached hydrogens (primary N) is 1. The van der Waals surface area contributed by atoms with Crippen LogP contribution in [0.3, 0.4) is 0 Å². The molecule has 2 rings (SSSR count). The summed E-state index contributed by atoms with van der Waals surface area (Å²) in [6.07, 6.45) is 1.69. The van der Waals surface area contributed by atoms with E-state index >= 15 is 0 Å². The quantitative estimate of drug-likeness (QED) is 0.688. The highest BCUT2D eigenvalue weighted by Crippen LogP contribution is 2.35. The van der Waals surface area contributed by atoms with E-state index in [1.165, 1.54) is 0 Å². The minimum atomic E-state index is -0.637. The maximum absolute atomic E-state index is 13.6. The average Bonchev–Trinajstić information content (AvgIpc) is 2.41. The molecule has 1 aromatic rings. The molecule has 0 radical (unpaired) electrons. The predicted molar refractivity (Wildman–Crippen MR) is 76.7 cm³/mol. The summed E-state index contributed by atoms with van der Waals surface area (Å²) < 4.78 is 13.6. The number of nitro groups is 1. The van der Waals surface area contributed by atoms with Crippen LogP contribution in [-0.4, -0.2) is 24.1 Å². The second-order valence-corrected chi connectivity index (χ2v) is 5.60. The molecule has 5 nitrogen and oxygen atoms in total. The molecular weight excluding hydrogens is 285 g/mol. The van der Waals surface area contributed by atoms with Crippen molar-refractivity contribution in [2.75, 3.05) is 18.0 Å². The molecule has 110 valence electrons.